The Kier molecular flexibility index (Phi) is 9.68. The third-order valence-electron chi connectivity index (χ3n) is 4.93. The van der Waals surface area contributed by atoms with Crippen molar-refractivity contribution >= 4 is 40.1 Å². The number of hydrogen-bond acceptors (Lipinski definition) is 8. The number of anilines is 1. The van der Waals surface area contributed by atoms with Crippen molar-refractivity contribution in [3.05, 3.63) is 62.6 Å². The van der Waals surface area contributed by atoms with Gasteiger partial charge in [-0.1, -0.05) is 42.0 Å². The summed E-state index contributed by atoms with van der Waals surface area (Å²) in [5.74, 6) is 0.979. The van der Waals surface area contributed by atoms with Crippen molar-refractivity contribution in [2.45, 2.75) is 34.1 Å². The average molecular weight is 527 g/mol. The van der Waals surface area contributed by atoms with Crippen LogP contribution < -0.4 is 19.5 Å². The van der Waals surface area contributed by atoms with Crippen molar-refractivity contribution in [2.75, 3.05) is 25.1 Å². The number of carbonyl (C=O) groups is 1. The molecule has 0 unspecified atom stereocenters. The number of aromatic nitrogens is 2. The summed E-state index contributed by atoms with van der Waals surface area (Å²) in [5.41, 5.74) is 2.55. The molecule has 0 aliphatic rings. The van der Waals surface area contributed by atoms with Crippen LogP contribution >= 0.6 is 22.9 Å². The largest absolute Gasteiger partial charge is 0.490 e. The number of nitriles is 1. The van der Waals surface area contributed by atoms with Crippen LogP contribution in [0.1, 0.15) is 35.5 Å². The van der Waals surface area contributed by atoms with Gasteiger partial charge in [0, 0.05) is 0 Å². The maximum atomic E-state index is 12.6. The zero-order valence-electron chi connectivity index (χ0n) is 20.6. The SMILES string of the molecule is CCOc1cc(/C=C(/C#N)C(=O)Nc2nnc(CC)s2)cc(Cl)c1OCCOc1cc(C)ccc1C. The average Bonchev–Trinajstić information content (AvgIpc) is 3.31. The van der Waals surface area contributed by atoms with Gasteiger partial charge in [0.2, 0.25) is 5.13 Å². The molecule has 1 N–H and O–H groups in total. The van der Waals surface area contributed by atoms with E-state index in [0.29, 0.717) is 41.8 Å². The molecule has 0 atom stereocenters. The molecule has 1 amide bonds. The molecule has 3 aromatic rings. The Bertz CT molecular complexity index is 1300. The minimum Gasteiger partial charge on any atom is -0.490 e. The number of hydrogen-bond donors (Lipinski definition) is 1. The van der Waals surface area contributed by atoms with E-state index in [1.54, 1.807) is 12.1 Å². The van der Waals surface area contributed by atoms with Crippen LogP contribution in [0.2, 0.25) is 5.02 Å². The van der Waals surface area contributed by atoms with E-state index in [9.17, 15) is 10.1 Å². The van der Waals surface area contributed by atoms with Crippen LogP contribution in [0.5, 0.6) is 17.2 Å². The Balaban J connectivity index is 1.72. The van der Waals surface area contributed by atoms with E-state index in [-0.39, 0.29) is 17.2 Å². The zero-order valence-corrected chi connectivity index (χ0v) is 22.1. The summed E-state index contributed by atoms with van der Waals surface area (Å²) in [6.45, 7) is 8.71. The fourth-order valence-electron chi connectivity index (χ4n) is 3.16. The summed E-state index contributed by atoms with van der Waals surface area (Å²) < 4.78 is 17.4. The van der Waals surface area contributed by atoms with Gasteiger partial charge < -0.3 is 14.2 Å². The van der Waals surface area contributed by atoms with Gasteiger partial charge >= 0.3 is 0 Å². The van der Waals surface area contributed by atoms with Crippen molar-refractivity contribution in [3.63, 3.8) is 0 Å². The molecule has 0 aliphatic carbocycles. The van der Waals surface area contributed by atoms with Gasteiger partial charge in [-0.25, -0.2) is 0 Å². The minimum absolute atomic E-state index is 0.114. The molecule has 188 valence electrons. The monoisotopic (exact) mass is 526 g/mol. The summed E-state index contributed by atoms with van der Waals surface area (Å²) in [5, 5.41) is 21.4. The van der Waals surface area contributed by atoms with Crippen molar-refractivity contribution in [3.8, 4) is 23.3 Å². The van der Waals surface area contributed by atoms with Crippen LogP contribution in [0.25, 0.3) is 6.08 Å². The van der Waals surface area contributed by atoms with Crippen LogP contribution in [0.4, 0.5) is 5.13 Å². The number of aryl methyl sites for hydroxylation is 3. The lowest BCUT2D eigenvalue weighted by molar-refractivity contribution is -0.112. The van der Waals surface area contributed by atoms with Gasteiger partial charge in [0.15, 0.2) is 11.5 Å². The highest BCUT2D eigenvalue weighted by atomic mass is 35.5. The summed E-state index contributed by atoms with van der Waals surface area (Å²) >= 11 is 7.75. The quantitative estimate of drug-likeness (QED) is 0.192. The van der Waals surface area contributed by atoms with Crippen LogP contribution in [0.15, 0.2) is 35.9 Å². The smallest absolute Gasteiger partial charge is 0.268 e. The van der Waals surface area contributed by atoms with E-state index in [0.717, 1.165) is 21.9 Å². The predicted molar refractivity (Wildman–Crippen MR) is 141 cm³/mol. The van der Waals surface area contributed by atoms with Crippen molar-refractivity contribution in [1.82, 2.24) is 10.2 Å². The Labute approximate surface area is 219 Å². The van der Waals surface area contributed by atoms with Crippen LogP contribution in [-0.4, -0.2) is 35.9 Å². The lowest BCUT2D eigenvalue weighted by Crippen LogP contribution is -2.13. The molecule has 0 saturated carbocycles. The van der Waals surface area contributed by atoms with E-state index in [4.69, 9.17) is 25.8 Å². The molecule has 8 nitrogen and oxygen atoms in total. The van der Waals surface area contributed by atoms with Gasteiger partial charge in [-0.2, -0.15) is 5.26 Å². The maximum Gasteiger partial charge on any atom is 0.268 e. The summed E-state index contributed by atoms with van der Waals surface area (Å²) in [7, 11) is 0. The number of amides is 1. The number of rotatable bonds is 11. The second-order valence-corrected chi connectivity index (χ2v) is 9.18. The Morgan fingerprint density at radius 3 is 2.58 bits per heavy atom. The standard InChI is InChI=1S/C26H27ClN4O4S/c1-5-23-30-31-26(36-23)29-25(32)19(15-28)12-18-13-20(27)24(22(14-18)33-6-2)35-10-9-34-21-11-16(3)7-8-17(21)4/h7-8,11-14H,5-6,9-10H2,1-4H3,(H,29,31,32)/b19-12-. The highest BCUT2D eigenvalue weighted by molar-refractivity contribution is 7.15. The van der Waals surface area contributed by atoms with E-state index < -0.39 is 5.91 Å². The van der Waals surface area contributed by atoms with Crippen LogP contribution in [0, 0.1) is 25.2 Å². The molecule has 0 saturated heterocycles. The molecule has 2 aromatic carbocycles. The summed E-state index contributed by atoms with van der Waals surface area (Å²) in [6, 6.07) is 11.2. The predicted octanol–water partition coefficient (Wildman–Crippen LogP) is 5.77. The first-order valence-corrected chi connectivity index (χ1v) is 12.6. The number of halogens is 1. The molecule has 0 bridgehead atoms. The molecular formula is C26H27ClN4O4S. The van der Waals surface area contributed by atoms with Gasteiger partial charge in [-0.15, -0.1) is 10.2 Å². The lowest BCUT2D eigenvalue weighted by atomic mass is 10.1. The minimum atomic E-state index is -0.589. The third kappa shape index (κ3) is 7.20. The third-order valence-corrected chi connectivity index (χ3v) is 6.19. The molecule has 0 spiro atoms. The number of ether oxygens (including phenoxy) is 3. The number of carbonyl (C=O) groups excluding carboxylic acids is 1. The topological polar surface area (TPSA) is 106 Å². The van der Waals surface area contributed by atoms with Crippen molar-refractivity contribution in [1.29, 1.82) is 5.26 Å². The molecular weight excluding hydrogens is 500 g/mol. The number of benzene rings is 2. The second kappa shape index (κ2) is 12.9. The van der Waals surface area contributed by atoms with Crippen LogP contribution in [-0.2, 0) is 11.2 Å². The van der Waals surface area contributed by atoms with Crippen molar-refractivity contribution < 1.29 is 19.0 Å². The Morgan fingerprint density at radius 2 is 1.89 bits per heavy atom. The normalized spacial score (nSPS) is 11.1. The summed E-state index contributed by atoms with van der Waals surface area (Å²) in [6.07, 6.45) is 2.14. The van der Waals surface area contributed by atoms with Gasteiger partial charge in [-0.3, -0.25) is 10.1 Å². The number of nitrogens with one attached hydrogen (secondary N) is 1. The highest BCUT2D eigenvalue weighted by Crippen LogP contribution is 2.37. The molecule has 0 aliphatic heterocycles. The molecule has 36 heavy (non-hydrogen) atoms. The first kappa shape index (κ1) is 27.0. The van der Waals surface area contributed by atoms with E-state index in [1.165, 1.54) is 17.4 Å². The van der Waals surface area contributed by atoms with Crippen molar-refractivity contribution in [2.24, 2.45) is 0 Å². The first-order chi connectivity index (χ1) is 17.3. The van der Waals surface area contributed by atoms with E-state index in [1.807, 2.05) is 52.0 Å². The molecule has 0 fully saturated rings. The zero-order chi connectivity index (χ0) is 26.1. The Morgan fingerprint density at radius 1 is 1.11 bits per heavy atom. The highest BCUT2D eigenvalue weighted by Gasteiger charge is 2.16. The second-order valence-electron chi connectivity index (χ2n) is 7.71. The molecule has 3 rings (SSSR count). The van der Waals surface area contributed by atoms with E-state index in [2.05, 4.69) is 15.5 Å². The van der Waals surface area contributed by atoms with Crippen LogP contribution in [0.3, 0.4) is 0 Å². The molecule has 1 heterocycles. The molecule has 10 heteroatoms. The van der Waals surface area contributed by atoms with Gasteiger partial charge in [0.05, 0.1) is 11.6 Å². The lowest BCUT2D eigenvalue weighted by Gasteiger charge is -2.15. The first-order valence-electron chi connectivity index (χ1n) is 11.4. The fourth-order valence-corrected chi connectivity index (χ4v) is 4.11. The molecule has 1 aromatic heterocycles. The Hall–Kier alpha value is -3.61. The maximum absolute atomic E-state index is 12.6. The van der Waals surface area contributed by atoms with Gasteiger partial charge in [0.1, 0.15) is 35.6 Å². The fraction of sp³-hybridized carbons (Fsp3) is 0.308. The van der Waals surface area contributed by atoms with Gasteiger partial charge in [-0.05, 0) is 68.2 Å². The number of nitrogens with zero attached hydrogens (tertiary/aromatic N) is 3. The van der Waals surface area contributed by atoms with Gasteiger partial charge in [0.25, 0.3) is 5.91 Å². The van der Waals surface area contributed by atoms with E-state index >= 15 is 0 Å². The molecule has 0 radical (unpaired) electrons. The summed E-state index contributed by atoms with van der Waals surface area (Å²) in [4.78, 5) is 12.6.